The number of amides is 5. The van der Waals surface area contributed by atoms with Gasteiger partial charge in [-0.2, -0.15) is 12.6 Å². The Balaban J connectivity index is 1.42. The van der Waals surface area contributed by atoms with Crippen molar-refractivity contribution in [1.82, 2.24) is 41.9 Å². The molecule has 0 unspecified atom stereocenters. The number of aliphatic carboxylic acids is 1. The zero-order chi connectivity index (χ0) is 45.5. The van der Waals surface area contributed by atoms with Crippen LogP contribution in [-0.2, 0) is 48.0 Å². The van der Waals surface area contributed by atoms with E-state index in [9.17, 15) is 33.9 Å². The minimum Gasteiger partial charge on any atom is -0.480 e. The second-order valence-electron chi connectivity index (χ2n) is 15.1. The Morgan fingerprint density at radius 3 is 2.03 bits per heavy atom. The van der Waals surface area contributed by atoms with Crippen molar-refractivity contribution in [3.63, 3.8) is 0 Å². The van der Waals surface area contributed by atoms with E-state index < -0.39 is 71.8 Å². The third-order valence-electron chi connectivity index (χ3n) is 10.3. The molecule has 63 heavy (non-hydrogen) atoms. The molecule has 0 fully saturated rings. The number of guanidine groups is 1. The zero-order valence-electron chi connectivity index (χ0n) is 34.6. The first-order chi connectivity index (χ1) is 30.2. The van der Waals surface area contributed by atoms with Crippen molar-refractivity contribution in [2.45, 2.75) is 75.3 Å². The maximum atomic E-state index is 14.5. The van der Waals surface area contributed by atoms with E-state index in [0.717, 1.165) is 21.5 Å². The number of benzene rings is 4. The molecule has 4 aromatic carbocycles. The number of carboxylic acid groups (broad SMARTS) is 1. The minimum atomic E-state index is -1.38. The van der Waals surface area contributed by atoms with Gasteiger partial charge in [0.2, 0.25) is 29.5 Å². The van der Waals surface area contributed by atoms with Crippen LogP contribution in [0.5, 0.6) is 0 Å². The van der Waals surface area contributed by atoms with E-state index in [1.54, 1.807) is 18.2 Å². The highest BCUT2D eigenvalue weighted by Gasteiger charge is 2.33. The lowest BCUT2D eigenvalue weighted by molar-refractivity contribution is -0.142. The fraction of sp³-hybridized carbons (Fsp3) is 0.318. The molecule has 0 spiro atoms. The molecule has 1 heterocycles. The number of carbonyl (C=O) groups excluding carboxylic acids is 5. The molecule has 1 aromatic heterocycles. The highest BCUT2D eigenvalue weighted by molar-refractivity contribution is 7.80. The molecular weight excluding hydrogens is 827 g/mol. The van der Waals surface area contributed by atoms with Crippen LogP contribution in [0.1, 0.15) is 36.6 Å². The summed E-state index contributed by atoms with van der Waals surface area (Å²) in [6.45, 7) is 1.59. The normalized spacial score (nSPS) is 14.0. The summed E-state index contributed by atoms with van der Waals surface area (Å²) in [5, 5.41) is 37.3. The molecular formula is C44H53N11O7S. The number of aromatic amines is 1. The van der Waals surface area contributed by atoms with E-state index in [1.807, 2.05) is 66.7 Å². The molecule has 0 saturated heterocycles. The number of rotatable bonds is 22. The molecule has 0 radical (unpaired) electrons. The first kappa shape index (κ1) is 47.1. The van der Waals surface area contributed by atoms with Crippen LogP contribution in [0.25, 0.3) is 21.5 Å². The van der Waals surface area contributed by atoms with Crippen LogP contribution in [0.3, 0.4) is 0 Å². The van der Waals surface area contributed by atoms with E-state index in [1.165, 1.54) is 19.4 Å². The van der Waals surface area contributed by atoms with Crippen LogP contribution in [0, 0.1) is 5.41 Å². The minimum absolute atomic E-state index is 0.00652. The summed E-state index contributed by atoms with van der Waals surface area (Å²) in [5.74, 6) is -5.21. The highest BCUT2D eigenvalue weighted by atomic mass is 32.1. The van der Waals surface area contributed by atoms with E-state index >= 15 is 0 Å². The van der Waals surface area contributed by atoms with Crippen molar-refractivity contribution in [2.24, 2.45) is 11.5 Å². The Hall–Kier alpha value is -6.99. The predicted molar refractivity (Wildman–Crippen MR) is 242 cm³/mol. The monoisotopic (exact) mass is 879 g/mol. The summed E-state index contributed by atoms with van der Waals surface area (Å²) in [7, 11) is 0. The van der Waals surface area contributed by atoms with Crippen LogP contribution in [0.15, 0.2) is 97.5 Å². The Labute approximate surface area is 369 Å². The molecule has 0 aliphatic carbocycles. The average molecular weight is 880 g/mol. The molecule has 5 amide bonds. The van der Waals surface area contributed by atoms with E-state index in [4.69, 9.17) is 16.9 Å². The van der Waals surface area contributed by atoms with Gasteiger partial charge in [-0.25, -0.2) is 9.78 Å². The number of nitrogens with one attached hydrogen (secondary N) is 8. The van der Waals surface area contributed by atoms with Gasteiger partial charge in [0.15, 0.2) is 5.96 Å². The quantitative estimate of drug-likeness (QED) is 0.0200. The molecule has 13 N–H and O–H groups in total. The van der Waals surface area contributed by atoms with E-state index in [0.29, 0.717) is 16.8 Å². The average Bonchev–Trinajstić information content (AvgIpc) is 3.79. The first-order valence-electron chi connectivity index (χ1n) is 20.3. The van der Waals surface area contributed by atoms with Crippen LogP contribution < -0.4 is 43.4 Å². The van der Waals surface area contributed by atoms with E-state index in [-0.39, 0.29) is 50.4 Å². The number of thiol groups is 1. The number of hydrogen-bond donors (Lipinski definition) is 12. The smallest absolute Gasteiger partial charge is 0.326 e. The molecule has 332 valence electrons. The van der Waals surface area contributed by atoms with Gasteiger partial charge in [0.05, 0.1) is 18.1 Å². The second kappa shape index (κ2) is 22.7. The largest absolute Gasteiger partial charge is 0.480 e. The lowest BCUT2D eigenvalue weighted by Gasteiger charge is -2.27. The van der Waals surface area contributed by atoms with Crippen molar-refractivity contribution in [3.05, 3.63) is 114 Å². The number of imidazole rings is 1. The Morgan fingerprint density at radius 2 is 1.35 bits per heavy atom. The lowest BCUT2D eigenvalue weighted by Crippen LogP contribution is -2.60. The SMILES string of the molecule is C[C@@H](NC(=O)[C@@H](N)CS)C(=O)N[C@@H](Cc1c[nH]cn1)C(=O)N[C@H](Cc1ccc2ccccc2c1)C(=O)N[C@@H](CCCNC(=N)N)C(=O)N[C@@H](Cc1cccc2ccccc12)C(=O)O. The van der Waals surface area contributed by atoms with Crippen LogP contribution in [-0.4, -0.2) is 105 Å². The van der Waals surface area contributed by atoms with Crippen LogP contribution in [0.2, 0.25) is 0 Å². The molecule has 6 atom stereocenters. The van der Waals surface area contributed by atoms with Gasteiger partial charge < -0.3 is 53.5 Å². The summed E-state index contributed by atoms with van der Waals surface area (Å²) in [6, 6.07) is 18.7. The van der Waals surface area contributed by atoms with Gasteiger partial charge in [0, 0.05) is 37.8 Å². The van der Waals surface area contributed by atoms with Crippen LogP contribution in [0.4, 0.5) is 0 Å². The first-order valence-corrected chi connectivity index (χ1v) is 21.0. The number of hydrogen-bond acceptors (Lipinski definition) is 10. The van der Waals surface area contributed by atoms with Crippen LogP contribution >= 0.6 is 12.6 Å². The number of fused-ring (bicyclic) bond motifs is 2. The Kier molecular flexibility index (Phi) is 17.0. The lowest BCUT2D eigenvalue weighted by atomic mass is 9.98. The van der Waals surface area contributed by atoms with Gasteiger partial charge in [0.25, 0.3) is 0 Å². The van der Waals surface area contributed by atoms with Gasteiger partial charge in [-0.1, -0.05) is 84.9 Å². The molecule has 0 saturated carbocycles. The standard InChI is InChI=1S/C44H53N11O7S/c1-25(51-39(57)33(45)23-63)38(56)53-36(21-31-22-48-24-50-31)42(60)54-35(19-26-15-16-27-8-2-3-10-29(27)18-26)41(59)52-34(14-7-17-49-44(46)47)40(58)55-37(43(61)62)20-30-12-6-11-28-9-4-5-13-32(28)30/h2-6,8-13,15-16,18,22,24-25,33-37,63H,7,14,17,19-21,23,45H2,1H3,(H,48,50)(H,51,57)(H,52,59)(H,53,56)(H,54,60)(H,55,58)(H,61,62)(H4,46,47,49)/t25-,33+,34+,35-,36+,37+/m1/s1. The summed E-state index contributed by atoms with van der Waals surface area (Å²) < 4.78 is 0. The van der Waals surface area contributed by atoms with Gasteiger partial charge in [-0.15, -0.1) is 0 Å². The Morgan fingerprint density at radius 1 is 0.730 bits per heavy atom. The second-order valence-corrected chi connectivity index (χ2v) is 15.4. The van der Waals surface area contributed by atoms with Crippen molar-refractivity contribution in [1.29, 1.82) is 5.41 Å². The van der Waals surface area contributed by atoms with Crippen molar-refractivity contribution in [3.8, 4) is 0 Å². The molecule has 0 aliphatic heterocycles. The summed E-state index contributed by atoms with van der Waals surface area (Å²) in [5.41, 5.74) is 13.0. The fourth-order valence-corrected chi connectivity index (χ4v) is 7.07. The maximum absolute atomic E-state index is 14.5. The highest BCUT2D eigenvalue weighted by Crippen LogP contribution is 2.21. The number of nitrogens with zero attached hydrogens (tertiary/aromatic N) is 1. The van der Waals surface area contributed by atoms with Crippen molar-refractivity contribution >= 4 is 75.6 Å². The third-order valence-corrected chi connectivity index (χ3v) is 10.7. The molecule has 18 nitrogen and oxygen atoms in total. The van der Waals surface area contributed by atoms with Gasteiger partial charge in [-0.3, -0.25) is 29.4 Å². The van der Waals surface area contributed by atoms with Gasteiger partial charge in [-0.05, 0) is 52.4 Å². The van der Waals surface area contributed by atoms with Gasteiger partial charge >= 0.3 is 5.97 Å². The fourth-order valence-electron chi connectivity index (χ4n) is 6.90. The number of nitrogens with two attached hydrogens (primary N) is 2. The van der Waals surface area contributed by atoms with Gasteiger partial charge in [0.1, 0.15) is 30.2 Å². The van der Waals surface area contributed by atoms with Crippen molar-refractivity contribution < 1.29 is 33.9 Å². The maximum Gasteiger partial charge on any atom is 0.326 e. The third kappa shape index (κ3) is 13.8. The number of carboxylic acids is 1. The topological polar surface area (TPSA) is 299 Å². The summed E-state index contributed by atoms with van der Waals surface area (Å²) in [6.07, 6.45) is 2.94. The molecule has 5 rings (SSSR count). The zero-order valence-corrected chi connectivity index (χ0v) is 35.5. The number of aromatic nitrogens is 2. The number of carbonyl (C=O) groups is 6. The Bertz CT molecular complexity index is 2410. The van der Waals surface area contributed by atoms with Crippen molar-refractivity contribution in [2.75, 3.05) is 12.3 Å². The molecule has 0 bridgehead atoms. The van der Waals surface area contributed by atoms with E-state index in [2.05, 4.69) is 54.5 Å². The number of H-pyrrole nitrogens is 1. The summed E-state index contributed by atoms with van der Waals surface area (Å²) >= 11 is 4.03. The molecule has 19 heteroatoms. The molecule has 0 aliphatic rings. The molecule has 5 aromatic rings. The summed E-state index contributed by atoms with van der Waals surface area (Å²) in [4.78, 5) is 88.2. The predicted octanol–water partition coefficient (Wildman–Crippen LogP) is 0.793.